The quantitative estimate of drug-likeness (QED) is 0.732. The summed E-state index contributed by atoms with van der Waals surface area (Å²) >= 11 is 3.30. The van der Waals surface area contributed by atoms with Crippen LogP contribution in [0.25, 0.3) is 11.0 Å². The van der Waals surface area contributed by atoms with Crippen LogP contribution in [0.5, 0.6) is 0 Å². The molecule has 3 N–H and O–H groups in total. The van der Waals surface area contributed by atoms with Crippen LogP contribution in [0.4, 0.5) is 18.0 Å². The van der Waals surface area contributed by atoms with Crippen molar-refractivity contribution in [2.75, 3.05) is 13.3 Å². The number of primary amides is 1. The zero-order chi connectivity index (χ0) is 17.9. The average molecular weight is 410 g/mol. The van der Waals surface area contributed by atoms with Crippen LogP contribution in [0.2, 0.25) is 0 Å². The van der Waals surface area contributed by atoms with E-state index in [-0.39, 0.29) is 5.82 Å². The first-order valence-electron chi connectivity index (χ1n) is 6.84. The lowest BCUT2D eigenvalue weighted by molar-refractivity contribution is -0.155. The summed E-state index contributed by atoms with van der Waals surface area (Å²) in [5.74, 6) is 0.150. The molecule has 2 rings (SSSR count). The van der Waals surface area contributed by atoms with Gasteiger partial charge in [-0.25, -0.2) is 22.9 Å². The first kappa shape index (κ1) is 18.5. The van der Waals surface area contributed by atoms with Crippen molar-refractivity contribution in [2.24, 2.45) is 5.73 Å². The fourth-order valence-corrected chi connectivity index (χ4v) is 2.25. The minimum Gasteiger partial charge on any atom is -0.436 e. The molecule has 0 spiro atoms. The first-order chi connectivity index (χ1) is 11.2. The van der Waals surface area contributed by atoms with Crippen molar-refractivity contribution < 1.29 is 27.4 Å². The van der Waals surface area contributed by atoms with Crippen molar-refractivity contribution in [3.8, 4) is 0 Å². The smallest absolute Gasteiger partial charge is 0.405 e. The van der Waals surface area contributed by atoms with E-state index in [9.17, 15) is 18.0 Å². The van der Waals surface area contributed by atoms with E-state index in [1.54, 1.807) is 18.2 Å². The molecule has 0 saturated carbocycles. The van der Waals surface area contributed by atoms with Gasteiger partial charge in [-0.15, -0.1) is 0 Å². The summed E-state index contributed by atoms with van der Waals surface area (Å²) in [7, 11) is 0. The summed E-state index contributed by atoms with van der Waals surface area (Å²) in [6.07, 6.45) is -5.37. The molecule has 132 valence electrons. The molecule has 1 aromatic heterocycles. The highest BCUT2D eigenvalue weighted by atomic mass is 79.9. The monoisotopic (exact) mass is 409 g/mol. The van der Waals surface area contributed by atoms with Crippen molar-refractivity contribution in [3.05, 3.63) is 28.5 Å². The molecule has 2 unspecified atom stereocenters. The molecule has 0 aliphatic rings. The lowest BCUT2D eigenvalue weighted by Gasteiger charge is -2.27. The highest BCUT2D eigenvalue weighted by molar-refractivity contribution is 9.10. The average Bonchev–Trinajstić information content (AvgIpc) is 2.93. The number of nitrogens with zero attached hydrogens (tertiary/aromatic N) is 1. The second-order valence-electron chi connectivity index (χ2n) is 5.27. The molecule has 6 nitrogen and oxygen atoms in total. The number of benzene rings is 1. The van der Waals surface area contributed by atoms with E-state index in [1.165, 1.54) is 0 Å². The van der Waals surface area contributed by atoms with Gasteiger partial charge in [-0.05, 0) is 25.1 Å². The van der Waals surface area contributed by atoms with E-state index in [0.29, 0.717) is 11.0 Å². The lowest BCUT2D eigenvalue weighted by atomic mass is 10.1. The van der Waals surface area contributed by atoms with Gasteiger partial charge >= 0.3 is 6.09 Å². The van der Waals surface area contributed by atoms with E-state index >= 15 is 0 Å². The molecule has 0 aliphatic carbocycles. The van der Waals surface area contributed by atoms with Crippen LogP contribution in [0.3, 0.4) is 0 Å². The van der Waals surface area contributed by atoms with Crippen molar-refractivity contribution in [2.45, 2.75) is 25.1 Å². The van der Waals surface area contributed by atoms with E-state index < -0.39 is 37.5 Å². The maximum Gasteiger partial charge on any atom is 0.405 e. The van der Waals surface area contributed by atoms with E-state index in [2.05, 4.69) is 25.9 Å². The maximum absolute atomic E-state index is 12.9. The Balaban J connectivity index is 2.25. The third kappa shape index (κ3) is 4.18. The Morgan fingerprint density at radius 2 is 2.21 bits per heavy atom. The number of alkyl halides is 3. The zero-order valence-electron chi connectivity index (χ0n) is 12.6. The molecule has 2 atom stereocenters. The molecule has 0 aliphatic heterocycles. The molecule has 10 heteroatoms. The molecule has 1 heterocycles. The van der Waals surface area contributed by atoms with Gasteiger partial charge < -0.3 is 20.2 Å². The Bertz CT molecular complexity index is 728. The molecule has 0 saturated heterocycles. The Labute approximate surface area is 143 Å². The molecule has 24 heavy (non-hydrogen) atoms. The fraction of sp³-hybridized carbons (Fsp3) is 0.429. The van der Waals surface area contributed by atoms with Crippen LogP contribution in [0.1, 0.15) is 18.9 Å². The van der Waals surface area contributed by atoms with Crippen molar-refractivity contribution in [1.82, 2.24) is 9.97 Å². The van der Waals surface area contributed by atoms with Crippen LogP contribution < -0.4 is 5.73 Å². The number of nitrogens with two attached hydrogens (primary N) is 1. The van der Waals surface area contributed by atoms with Crippen LogP contribution in [-0.2, 0) is 9.47 Å². The summed E-state index contributed by atoms with van der Waals surface area (Å²) in [5, 5.41) is 0. The number of nitrogens with one attached hydrogen (secondary N) is 1. The number of carbonyl (C=O) groups excluding carboxylic acids is 1. The number of H-pyrrole nitrogens is 1. The van der Waals surface area contributed by atoms with Gasteiger partial charge in [0.05, 0.1) is 17.6 Å². The van der Waals surface area contributed by atoms with Gasteiger partial charge in [0.15, 0.2) is 17.5 Å². The van der Waals surface area contributed by atoms with Gasteiger partial charge in [-0.1, -0.05) is 15.9 Å². The number of amides is 1. The Morgan fingerprint density at radius 3 is 2.79 bits per heavy atom. The number of carbonyl (C=O) groups is 1. The SMILES string of the molecule is CC(CF)(OCC(OC(N)=O)c1nc2ccc(Br)cc2[nH]1)C(F)F. The van der Waals surface area contributed by atoms with Gasteiger partial charge in [0.25, 0.3) is 6.43 Å². The van der Waals surface area contributed by atoms with Crippen LogP contribution in [-0.4, -0.2) is 41.4 Å². The predicted octanol–water partition coefficient (Wildman–Crippen LogP) is 3.47. The highest BCUT2D eigenvalue weighted by Gasteiger charge is 2.38. The van der Waals surface area contributed by atoms with E-state index in [1.807, 2.05) is 0 Å². The number of imidazole rings is 1. The summed E-state index contributed by atoms with van der Waals surface area (Å²) in [6.45, 7) is -1.01. The van der Waals surface area contributed by atoms with Crippen molar-refractivity contribution >= 4 is 33.1 Å². The second kappa shape index (κ2) is 7.39. The molecule has 2 aromatic rings. The number of rotatable bonds is 7. The number of aromatic amines is 1. The number of halogens is 4. The van der Waals surface area contributed by atoms with Gasteiger partial charge in [0, 0.05) is 4.47 Å². The first-order valence-corrected chi connectivity index (χ1v) is 7.64. The van der Waals surface area contributed by atoms with Crippen LogP contribution >= 0.6 is 15.9 Å². The number of ether oxygens (including phenoxy) is 2. The summed E-state index contributed by atoms with van der Waals surface area (Å²) in [6, 6.07) is 5.19. The minimum atomic E-state index is -3.05. The van der Waals surface area contributed by atoms with E-state index in [0.717, 1.165) is 11.4 Å². The molecule has 0 bridgehead atoms. The number of fused-ring (bicyclic) bond motifs is 1. The molecular formula is C14H15BrF3N3O3. The van der Waals surface area contributed by atoms with Gasteiger partial charge in [0.1, 0.15) is 6.67 Å². The predicted molar refractivity (Wildman–Crippen MR) is 83.5 cm³/mol. The maximum atomic E-state index is 12.9. The number of hydrogen-bond donors (Lipinski definition) is 2. The third-order valence-corrected chi connectivity index (χ3v) is 3.81. The van der Waals surface area contributed by atoms with Gasteiger partial charge in [0.2, 0.25) is 0 Å². The number of aromatic nitrogens is 2. The molecular weight excluding hydrogens is 395 g/mol. The topological polar surface area (TPSA) is 90.2 Å². The second-order valence-corrected chi connectivity index (χ2v) is 6.18. The summed E-state index contributed by atoms with van der Waals surface area (Å²) < 4.78 is 49.2. The third-order valence-electron chi connectivity index (χ3n) is 3.32. The highest BCUT2D eigenvalue weighted by Crippen LogP contribution is 2.26. The minimum absolute atomic E-state index is 0.150. The van der Waals surface area contributed by atoms with Crippen molar-refractivity contribution in [3.63, 3.8) is 0 Å². The summed E-state index contributed by atoms with van der Waals surface area (Å²) in [5.41, 5.74) is 3.87. The Morgan fingerprint density at radius 1 is 1.50 bits per heavy atom. The zero-order valence-corrected chi connectivity index (χ0v) is 14.1. The number of hydrogen-bond acceptors (Lipinski definition) is 4. The summed E-state index contributed by atoms with van der Waals surface area (Å²) in [4.78, 5) is 18.2. The molecule has 0 fully saturated rings. The van der Waals surface area contributed by atoms with Gasteiger partial charge in [-0.3, -0.25) is 0 Å². The fourth-order valence-electron chi connectivity index (χ4n) is 1.89. The molecule has 0 radical (unpaired) electrons. The lowest BCUT2D eigenvalue weighted by Crippen LogP contribution is -2.41. The standard InChI is InChI=1S/C14H15BrF3N3O3/c1-14(6-16,12(17)18)23-5-10(24-13(19)22)11-20-8-3-2-7(15)4-9(8)21-11/h2-4,10,12H,5-6H2,1H3,(H2,19,22)(H,20,21). The molecule has 1 aromatic carbocycles. The van der Waals surface area contributed by atoms with Crippen molar-refractivity contribution in [1.29, 1.82) is 0 Å². The Kier molecular flexibility index (Phi) is 5.70. The van der Waals surface area contributed by atoms with Gasteiger partial charge in [-0.2, -0.15) is 0 Å². The van der Waals surface area contributed by atoms with Crippen LogP contribution in [0.15, 0.2) is 22.7 Å². The van der Waals surface area contributed by atoms with Crippen LogP contribution in [0, 0.1) is 0 Å². The normalized spacial score (nSPS) is 15.4. The largest absolute Gasteiger partial charge is 0.436 e. The van der Waals surface area contributed by atoms with E-state index in [4.69, 9.17) is 15.2 Å². The molecule has 1 amide bonds. The Hall–Kier alpha value is -1.81.